The summed E-state index contributed by atoms with van der Waals surface area (Å²) in [6.07, 6.45) is 5.18. The maximum Gasteiger partial charge on any atom is 0.343 e. The molecule has 0 fully saturated rings. The topological polar surface area (TPSA) is 120 Å². The monoisotopic (exact) mass is 544 g/mol. The number of anilines is 1. The molecule has 200 valence electrons. The van der Waals surface area contributed by atoms with E-state index in [4.69, 9.17) is 4.42 Å². The number of unbranched alkanes of at least 4 members (excludes halogenated alkanes) is 1. The minimum absolute atomic E-state index is 0.116. The lowest BCUT2D eigenvalue weighted by Gasteiger charge is -2.15. The van der Waals surface area contributed by atoms with E-state index in [9.17, 15) is 22.6 Å². The molecule has 2 aliphatic rings. The molecule has 0 radical (unpaired) electrons. The van der Waals surface area contributed by atoms with Gasteiger partial charge in [-0.25, -0.2) is 13.2 Å². The molecular formula is C30H28N2O6S. The third-order valence-corrected chi connectivity index (χ3v) is 7.91. The van der Waals surface area contributed by atoms with E-state index in [-0.39, 0.29) is 17.7 Å². The molecule has 0 bridgehead atoms. The van der Waals surface area contributed by atoms with Crippen LogP contribution in [0.5, 0.6) is 0 Å². The molecule has 3 heterocycles. The molecule has 2 aliphatic heterocycles. The Bertz CT molecular complexity index is 1790. The number of allylic oxidation sites excluding steroid dienone is 1. The molecule has 1 amide bonds. The number of nitrogens with one attached hydrogen (secondary N) is 1. The van der Waals surface area contributed by atoms with Crippen molar-refractivity contribution in [2.45, 2.75) is 44.9 Å². The summed E-state index contributed by atoms with van der Waals surface area (Å²) in [4.78, 5) is 25.0. The standard InChI is InChI=1S/C30H28N2O6S/c1-30(2)23-10-4-5-11-25(23)32(15-7-8-16-39(35,36)37)27(30)14-13-21-17-22-18-24-20(19-26(22)38-29(21)34)9-3-6-12-28(33)31-24/h4-5,10-11,13-14,17-19H,6-8,12,15-16H2,1-2H3,(H-,31,33,35,36,37)/b14-13+. The van der Waals surface area contributed by atoms with Crippen molar-refractivity contribution in [2.24, 2.45) is 0 Å². The lowest BCUT2D eigenvalue weighted by Crippen LogP contribution is -2.28. The van der Waals surface area contributed by atoms with Gasteiger partial charge in [0, 0.05) is 48.1 Å². The van der Waals surface area contributed by atoms with E-state index in [2.05, 4.69) is 41.6 Å². The van der Waals surface area contributed by atoms with Crippen LogP contribution in [0.15, 0.2) is 57.8 Å². The van der Waals surface area contributed by atoms with E-state index >= 15 is 0 Å². The van der Waals surface area contributed by atoms with Crippen LogP contribution < -0.4 is 10.9 Å². The molecule has 1 N–H and O–H groups in total. The molecule has 3 aromatic rings. The zero-order chi connectivity index (χ0) is 27.8. The number of nitrogens with zero attached hydrogens (tertiary/aromatic N) is 1. The summed E-state index contributed by atoms with van der Waals surface area (Å²) in [7, 11) is -4.26. The molecule has 5 rings (SSSR count). The summed E-state index contributed by atoms with van der Waals surface area (Å²) in [5, 5.41) is 3.54. The van der Waals surface area contributed by atoms with Crippen LogP contribution >= 0.6 is 0 Å². The highest BCUT2D eigenvalue weighted by Gasteiger charge is 2.43. The quantitative estimate of drug-likeness (QED) is 0.156. The molecule has 0 spiro atoms. The molecule has 0 saturated carbocycles. The van der Waals surface area contributed by atoms with Crippen molar-refractivity contribution in [3.63, 3.8) is 0 Å². The third-order valence-electron chi connectivity index (χ3n) is 7.12. The smallest absolute Gasteiger partial charge is 0.343 e. The number of benzene rings is 2. The summed E-state index contributed by atoms with van der Waals surface area (Å²) in [6.45, 7) is 4.71. The molecule has 0 unspecified atom stereocenters. The normalized spacial score (nSPS) is 16.3. The fraction of sp³-hybridized carbons (Fsp3) is 0.300. The molecule has 8 nitrogen and oxygen atoms in total. The van der Waals surface area contributed by atoms with Crippen LogP contribution in [0.4, 0.5) is 11.4 Å². The first-order valence-electron chi connectivity index (χ1n) is 12.8. The van der Waals surface area contributed by atoms with Crippen LogP contribution in [-0.4, -0.2) is 41.5 Å². The molecular weight excluding hydrogens is 516 g/mol. The van der Waals surface area contributed by atoms with Crippen molar-refractivity contribution in [1.82, 2.24) is 0 Å². The highest BCUT2D eigenvalue weighted by molar-refractivity contribution is 7.85. The second-order valence-corrected chi connectivity index (χ2v) is 11.8. The van der Waals surface area contributed by atoms with Crippen molar-refractivity contribution < 1.29 is 26.8 Å². The number of hydrogen-bond donors (Lipinski definition) is 1. The van der Waals surface area contributed by atoms with Gasteiger partial charge in [0.05, 0.1) is 32.3 Å². The summed E-state index contributed by atoms with van der Waals surface area (Å²) in [5.41, 5.74) is 4.10. The maximum absolute atomic E-state index is 12.9. The van der Waals surface area contributed by atoms with Gasteiger partial charge in [-0.1, -0.05) is 30.0 Å². The van der Waals surface area contributed by atoms with Crippen LogP contribution in [0.25, 0.3) is 17.0 Å². The summed E-state index contributed by atoms with van der Waals surface area (Å²) in [5.74, 6) is 5.48. The lowest BCUT2D eigenvalue weighted by molar-refractivity contribution is -0.438. The first-order chi connectivity index (χ1) is 18.5. The van der Waals surface area contributed by atoms with Gasteiger partial charge in [-0.2, -0.15) is 4.58 Å². The summed E-state index contributed by atoms with van der Waals surface area (Å²) < 4.78 is 40.9. The third kappa shape index (κ3) is 5.58. The van der Waals surface area contributed by atoms with Crippen LogP contribution in [0.1, 0.15) is 56.2 Å². The van der Waals surface area contributed by atoms with Gasteiger partial charge in [-0.15, -0.1) is 0 Å². The molecule has 9 heteroatoms. The number of rotatable bonds is 7. The predicted octanol–water partition coefficient (Wildman–Crippen LogP) is 4.29. The Morgan fingerprint density at radius 1 is 1.13 bits per heavy atom. The van der Waals surface area contributed by atoms with Crippen LogP contribution in [0, 0.1) is 11.8 Å². The predicted molar refractivity (Wildman–Crippen MR) is 149 cm³/mol. The van der Waals surface area contributed by atoms with Gasteiger partial charge in [-0.3, -0.25) is 4.79 Å². The van der Waals surface area contributed by atoms with E-state index in [1.807, 2.05) is 24.3 Å². The van der Waals surface area contributed by atoms with Crippen LogP contribution in [0.3, 0.4) is 0 Å². The lowest BCUT2D eigenvalue weighted by atomic mass is 9.81. The van der Waals surface area contributed by atoms with Crippen molar-refractivity contribution in [3.05, 3.63) is 75.7 Å². The molecule has 0 aliphatic carbocycles. The van der Waals surface area contributed by atoms with Crippen molar-refractivity contribution in [2.75, 3.05) is 17.6 Å². The van der Waals surface area contributed by atoms with Gasteiger partial charge < -0.3 is 14.3 Å². The van der Waals surface area contributed by atoms with Crippen LogP contribution in [0.2, 0.25) is 0 Å². The molecule has 0 atom stereocenters. The number of amides is 1. The number of carbonyl (C=O) groups is 1. The van der Waals surface area contributed by atoms with Crippen LogP contribution in [-0.2, 0) is 20.3 Å². The van der Waals surface area contributed by atoms with E-state index < -0.39 is 21.5 Å². The average molecular weight is 545 g/mol. The fourth-order valence-corrected chi connectivity index (χ4v) is 5.71. The Balaban J connectivity index is 1.52. The minimum Gasteiger partial charge on any atom is -0.748 e. The minimum atomic E-state index is -4.26. The van der Waals surface area contributed by atoms with E-state index in [1.165, 1.54) is 0 Å². The van der Waals surface area contributed by atoms with Gasteiger partial charge in [-0.05, 0) is 44.5 Å². The summed E-state index contributed by atoms with van der Waals surface area (Å²) >= 11 is 0. The molecule has 2 aromatic carbocycles. The second-order valence-electron chi connectivity index (χ2n) is 10.3. The van der Waals surface area contributed by atoms with E-state index in [0.717, 1.165) is 17.0 Å². The first kappa shape index (κ1) is 26.6. The maximum atomic E-state index is 12.9. The second kappa shape index (κ2) is 10.3. The zero-order valence-electron chi connectivity index (χ0n) is 21.7. The largest absolute Gasteiger partial charge is 0.748 e. The molecule has 1 aromatic heterocycles. The number of carbonyl (C=O) groups excluding carboxylic acids is 1. The van der Waals surface area contributed by atoms with Gasteiger partial charge in [0.25, 0.3) is 0 Å². The Kier molecular flexibility index (Phi) is 7.02. The van der Waals surface area contributed by atoms with Gasteiger partial charge >= 0.3 is 5.63 Å². The fourth-order valence-electron chi connectivity index (χ4n) is 5.15. The SMILES string of the molecule is CC1(C)C(/C=C/c2cc3cc4c(cc3oc2=O)C#CCCC(=O)N4)=[N+](CCCCS(=O)(=O)[O-])c2ccccc21. The number of fused-ring (bicyclic) bond motifs is 3. The zero-order valence-corrected chi connectivity index (χ0v) is 22.6. The average Bonchev–Trinajstić information content (AvgIpc) is 3.08. The van der Waals surface area contributed by atoms with E-state index in [0.29, 0.717) is 53.6 Å². The van der Waals surface area contributed by atoms with Crippen molar-refractivity contribution in [1.29, 1.82) is 0 Å². The van der Waals surface area contributed by atoms with E-state index in [1.54, 1.807) is 24.3 Å². The summed E-state index contributed by atoms with van der Waals surface area (Å²) in [6, 6.07) is 13.2. The number of para-hydroxylation sites is 1. The molecule has 0 saturated heterocycles. The number of hydrogen-bond acceptors (Lipinski definition) is 6. The van der Waals surface area contributed by atoms with Gasteiger partial charge in [0.1, 0.15) is 12.1 Å². The van der Waals surface area contributed by atoms with Crippen molar-refractivity contribution in [3.8, 4) is 11.8 Å². The Hall–Kier alpha value is -4.00. The van der Waals surface area contributed by atoms with Crippen molar-refractivity contribution >= 4 is 50.2 Å². The Morgan fingerprint density at radius 3 is 2.72 bits per heavy atom. The molecule has 39 heavy (non-hydrogen) atoms. The first-order valence-corrected chi connectivity index (χ1v) is 14.4. The van der Waals surface area contributed by atoms with Gasteiger partial charge in [0.2, 0.25) is 11.6 Å². The Labute approximate surface area is 226 Å². The highest BCUT2D eigenvalue weighted by atomic mass is 32.2. The highest BCUT2D eigenvalue weighted by Crippen LogP contribution is 2.40. The Morgan fingerprint density at radius 2 is 1.92 bits per heavy atom. The van der Waals surface area contributed by atoms with Gasteiger partial charge in [0.15, 0.2) is 5.71 Å².